The van der Waals surface area contributed by atoms with E-state index in [1.54, 1.807) is 0 Å². The van der Waals surface area contributed by atoms with Gasteiger partial charge in [0, 0.05) is 12.8 Å². The second-order valence-electron chi connectivity index (χ2n) is 16.1. The molecule has 0 bridgehead atoms. The number of phosphoric ester groups is 1. The van der Waals surface area contributed by atoms with E-state index in [-0.39, 0.29) is 19.4 Å². The molecule has 57 heavy (non-hydrogen) atoms. The SMILES string of the molecule is CCCCCCCCCCCCCCCCCCCC/C=C/CCCC(=O)O[C@H](COC(=O)CCCCCCCCCCCCC)COP(=O)(O)OC[C@@H](O)CO. The van der Waals surface area contributed by atoms with Crippen molar-refractivity contribution in [2.75, 3.05) is 26.4 Å². The van der Waals surface area contributed by atoms with E-state index in [0.717, 1.165) is 32.1 Å². The minimum absolute atomic E-state index is 0.142. The van der Waals surface area contributed by atoms with Crippen LogP contribution < -0.4 is 0 Å². The van der Waals surface area contributed by atoms with E-state index in [4.69, 9.17) is 19.1 Å². The van der Waals surface area contributed by atoms with Crippen molar-refractivity contribution in [2.24, 2.45) is 0 Å². The fourth-order valence-electron chi connectivity index (χ4n) is 6.76. The molecule has 0 spiro atoms. The van der Waals surface area contributed by atoms with Crippen LogP contribution in [-0.4, -0.2) is 65.7 Å². The standard InChI is InChI=1S/C46H89O10P/c1-3-5-7-9-11-13-15-16-17-18-19-20-21-22-23-24-25-26-28-30-32-34-36-38-46(50)56-44(42-55-57(51,52)54-40-43(48)39-47)41-53-45(49)37-35-33-31-29-27-14-12-10-8-6-4-2/h30,32,43-44,47-48H,3-29,31,33-42H2,1-2H3,(H,51,52)/b32-30+/t43-,44+/m0/s1. The van der Waals surface area contributed by atoms with Crippen LogP contribution in [0.1, 0.15) is 232 Å². The number of hydrogen-bond acceptors (Lipinski definition) is 9. The first-order chi connectivity index (χ1) is 27.7. The molecular weight excluding hydrogens is 743 g/mol. The monoisotopic (exact) mass is 833 g/mol. The van der Waals surface area contributed by atoms with Crippen LogP contribution in [0.5, 0.6) is 0 Å². The third kappa shape index (κ3) is 42.6. The maximum Gasteiger partial charge on any atom is 0.472 e. The lowest BCUT2D eigenvalue weighted by Crippen LogP contribution is -2.29. The Bertz CT molecular complexity index is 961. The van der Waals surface area contributed by atoms with Gasteiger partial charge >= 0.3 is 19.8 Å². The van der Waals surface area contributed by atoms with E-state index in [1.807, 2.05) is 0 Å². The summed E-state index contributed by atoms with van der Waals surface area (Å²) in [5.74, 6) is -0.951. The van der Waals surface area contributed by atoms with Gasteiger partial charge < -0.3 is 24.6 Å². The molecule has 11 heteroatoms. The fraction of sp³-hybridized carbons (Fsp3) is 0.913. The molecule has 338 valence electrons. The highest BCUT2D eigenvalue weighted by molar-refractivity contribution is 7.47. The van der Waals surface area contributed by atoms with E-state index in [9.17, 15) is 24.2 Å². The number of aliphatic hydroxyl groups excluding tert-OH is 2. The van der Waals surface area contributed by atoms with Crippen molar-refractivity contribution in [3.8, 4) is 0 Å². The van der Waals surface area contributed by atoms with Gasteiger partial charge in [0.2, 0.25) is 0 Å². The van der Waals surface area contributed by atoms with Crippen LogP contribution in [0.3, 0.4) is 0 Å². The van der Waals surface area contributed by atoms with Crippen molar-refractivity contribution in [2.45, 2.75) is 244 Å². The Balaban J connectivity index is 4.16. The van der Waals surface area contributed by atoms with Crippen LogP contribution in [0, 0.1) is 0 Å². The molecule has 0 rings (SSSR count). The Morgan fingerprint density at radius 2 is 0.877 bits per heavy atom. The highest BCUT2D eigenvalue weighted by Crippen LogP contribution is 2.43. The van der Waals surface area contributed by atoms with Gasteiger partial charge in [0.25, 0.3) is 0 Å². The second-order valence-corrected chi connectivity index (χ2v) is 17.6. The first-order valence-electron chi connectivity index (χ1n) is 23.6. The normalized spacial score (nSPS) is 13.8. The Kier molecular flexibility index (Phi) is 41.9. The number of carbonyl (C=O) groups excluding carboxylic acids is 2. The minimum atomic E-state index is -4.62. The maximum atomic E-state index is 12.6. The minimum Gasteiger partial charge on any atom is -0.462 e. The topological polar surface area (TPSA) is 149 Å². The highest BCUT2D eigenvalue weighted by Gasteiger charge is 2.27. The molecule has 0 saturated heterocycles. The molecule has 0 aromatic heterocycles. The summed E-state index contributed by atoms with van der Waals surface area (Å²) in [6, 6.07) is 0. The van der Waals surface area contributed by atoms with Crippen molar-refractivity contribution in [1.82, 2.24) is 0 Å². The molecule has 3 atom stereocenters. The quantitative estimate of drug-likeness (QED) is 0.0234. The number of phosphoric acid groups is 1. The van der Waals surface area contributed by atoms with E-state index in [0.29, 0.717) is 12.8 Å². The summed E-state index contributed by atoms with van der Waals surface area (Å²) in [6.45, 7) is 2.38. The molecule has 0 aromatic rings. The van der Waals surface area contributed by atoms with Gasteiger partial charge in [0.05, 0.1) is 19.8 Å². The Morgan fingerprint density at radius 3 is 1.32 bits per heavy atom. The number of rotatable bonds is 45. The molecule has 1 unspecified atom stereocenters. The largest absolute Gasteiger partial charge is 0.472 e. The molecule has 0 fully saturated rings. The van der Waals surface area contributed by atoms with Crippen molar-refractivity contribution in [3.63, 3.8) is 0 Å². The van der Waals surface area contributed by atoms with Crippen LogP contribution in [0.25, 0.3) is 0 Å². The summed E-state index contributed by atoms with van der Waals surface area (Å²) >= 11 is 0. The molecule has 0 aliphatic rings. The van der Waals surface area contributed by atoms with Gasteiger partial charge in [-0.1, -0.05) is 199 Å². The Labute approximate surface area is 349 Å². The lowest BCUT2D eigenvalue weighted by molar-refractivity contribution is -0.161. The number of unbranched alkanes of at least 4 members (excludes halogenated alkanes) is 29. The smallest absolute Gasteiger partial charge is 0.462 e. The van der Waals surface area contributed by atoms with Crippen LogP contribution in [-0.2, 0) is 32.7 Å². The molecule has 0 saturated carbocycles. The fourth-order valence-corrected chi connectivity index (χ4v) is 7.55. The Morgan fingerprint density at radius 1 is 0.509 bits per heavy atom. The zero-order chi connectivity index (χ0) is 41.9. The molecule has 0 heterocycles. The third-order valence-corrected chi connectivity index (χ3v) is 11.4. The molecule has 3 N–H and O–H groups in total. The zero-order valence-electron chi connectivity index (χ0n) is 36.8. The number of esters is 2. The summed E-state index contributed by atoms with van der Waals surface area (Å²) in [6.07, 6.45) is 42.0. The van der Waals surface area contributed by atoms with E-state index < -0.39 is 51.8 Å². The van der Waals surface area contributed by atoms with Gasteiger partial charge in [0.15, 0.2) is 6.10 Å². The molecule has 0 amide bonds. The first kappa shape index (κ1) is 55.7. The summed E-state index contributed by atoms with van der Waals surface area (Å²) in [7, 11) is -4.62. The number of allylic oxidation sites excluding steroid dienone is 2. The molecule has 0 aliphatic carbocycles. The van der Waals surface area contributed by atoms with Crippen LogP contribution in [0.15, 0.2) is 12.2 Å². The van der Waals surface area contributed by atoms with Crippen molar-refractivity contribution >= 4 is 19.8 Å². The molecule has 0 radical (unpaired) electrons. The predicted octanol–water partition coefficient (Wildman–Crippen LogP) is 12.8. The number of carbonyl (C=O) groups is 2. The molecule has 10 nitrogen and oxygen atoms in total. The van der Waals surface area contributed by atoms with Crippen LogP contribution >= 0.6 is 7.82 Å². The second kappa shape index (κ2) is 42.8. The van der Waals surface area contributed by atoms with Gasteiger partial charge in [-0.2, -0.15) is 0 Å². The lowest BCUT2D eigenvalue weighted by atomic mass is 10.0. The predicted molar refractivity (Wildman–Crippen MR) is 233 cm³/mol. The van der Waals surface area contributed by atoms with E-state index >= 15 is 0 Å². The molecule has 0 aromatic carbocycles. The van der Waals surface area contributed by atoms with Crippen molar-refractivity contribution in [3.05, 3.63) is 12.2 Å². The number of hydrogen-bond donors (Lipinski definition) is 3. The Hall–Kier alpha value is -1.29. The molecular formula is C46H89O10P. The maximum absolute atomic E-state index is 12.6. The first-order valence-corrected chi connectivity index (χ1v) is 25.1. The third-order valence-electron chi connectivity index (χ3n) is 10.4. The van der Waals surface area contributed by atoms with Gasteiger partial charge in [-0.25, -0.2) is 4.57 Å². The average Bonchev–Trinajstić information content (AvgIpc) is 3.20. The van der Waals surface area contributed by atoms with E-state index in [2.05, 4.69) is 30.5 Å². The summed E-state index contributed by atoms with van der Waals surface area (Å²) < 4.78 is 32.7. The summed E-state index contributed by atoms with van der Waals surface area (Å²) in [4.78, 5) is 35.0. The number of ether oxygens (including phenoxy) is 2. The lowest BCUT2D eigenvalue weighted by Gasteiger charge is -2.20. The van der Waals surface area contributed by atoms with Crippen molar-refractivity contribution < 1.29 is 47.8 Å². The van der Waals surface area contributed by atoms with Crippen molar-refractivity contribution in [1.29, 1.82) is 0 Å². The summed E-state index contributed by atoms with van der Waals surface area (Å²) in [5.41, 5.74) is 0. The van der Waals surface area contributed by atoms with Crippen LogP contribution in [0.2, 0.25) is 0 Å². The zero-order valence-corrected chi connectivity index (χ0v) is 37.7. The summed E-state index contributed by atoms with van der Waals surface area (Å²) in [5, 5.41) is 18.3. The van der Waals surface area contributed by atoms with Gasteiger partial charge in [0.1, 0.15) is 12.7 Å². The van der Waals surface area contributed by atoms with Crippen LogP contribution in [0.4, 0.5) is 0 Å². The van der Waals surface area contributed by atoms with E-state index in [1.165, 1.54) is 161 Å². The van der Waals surface area contributed by atoms with Gasteiger partial charge in [-0.3, -0.25) is 18.6 Å². The average molecular weight is 833 g/mol. The highest BCUT2D eigenvalue weighted by atomic mass is 31.2. The number of aliphatic hydroxyl groups is 2. The molecule has 0 aliphatic heterocycles. The van der Waals surface area contributed by atoms with Gasteiger partial charge in [-0.15, -0.1) is 0 Å². The van der Waals surface area contributed by atoms with Gasteiger partial charge in [-0.05, 0) is 32.1 Å².